The third kappa shape index (κ3) is 3.72. The number of rotatable bonds is 5. The fraction of sp³-hybridized carbons (Fsp3) is 0.300. The van der Waals surface area contributed by atoms with Crippen molar-refractivity contribution in [3.05, 3.63) is 23.8 Å². The largest absolute Gasteiger partial charge is 0.504 e. The number of phenols is 1. The monoisotopic (exact) mass is 232 g/mol. The van der Waals surface area contributed by atoms with Gasteiger partial charge in [0, 0.05) is 6.42 Å². The van der Waals surface area contributed by atoms with Crippen LogP contribution in [0.2, 0.25) is 0 Å². The van der Waals surface area contributed by atoms with Crippen molar-refractivity contribution >= 4 is 5.97 Å². The summed E-state index contributed by atoms with van der Waals surface area (Å²) >= 11 is 0. The number of carbonyl (C=O) groups is 1. The fourth-order valence-corrected chi connectivity index (χ4v) is 1.17. The van der Waals surface area contributed by atoms with Crippen molar-refractivity contribution < 1.29 is 28.5 Å². The van der Waals surface area contributed by atoms with Crippen molar-refractivity contribution in [2.24, 2.45) is 0 Å². The van der Waals surface area contributed by atoms with Crippen molar-refractivity contribution in [3.8, 4) is 11.5 Å². The molecule has 0 spiro atoms. The Morgan fingerprint density at radius 1 is 1.44 bits per heavy atom. The van der Waals surface area contributed by atoms with Crippen LogP contribution in [0.15, 0.2) is 18.2 Å². The summed E-state index contributed by atoms with van der Waals surface area (Å²) in [6.07, 6.45) is 0.131. The Hall–Kier alpha value is -1.85. The topological polar surface area (TPSA) is 66.8 Å². The first-order chi connectivity index (χ1) is 7.49. The van der Waals surface area contributed by atoms with Crippen LogP contribution < -0.4 is 4.74 Å². The van der Waals surface area contributed by atoms with Crippen molar-refractivity contribution in [1.29, 1.82) is 0 Å². The van der Waals surface area contributed by atoms with Crippen LogP contribution in [0.1, 0.15) is 12.0 Å². The molecule has 0 amide bonds. The molecule has 0 radical (unpaired) electrons. The number of aryl methyl sites for hydroxylation is 1. The molecule has 16 heavy (non-hydrogen) atoms. The predicted octanol–water partition coefficient (Wildman–Crippen LogP) is 2.01. The number of aliphatic carboxylic acids is 1. The van der Waals surface area contributed by atoms with E-state index in [0.29, 0.717) is 5.56 Å². The smallest absolute Gasteiger partial charge is 0.387 e. The van der Waals surface area contributed by atoms with Crippen LogP contribution in [0.3, 0.4) is 0 Å². The van der Waals surface area contributed by atoms with E-state index in [0.717, 1.165) is 0 Å². The van der Waals surface area contributed by atoms with Gasteiger partial charge >= 0.3 is 12.6 Å². The number of hydrogen-bond donors (Lipinski definition) is 2. The SMILES string of the molecule is O=C(O)CCc1ccc(OC(F)F)c(O)c1. The maximum atomic E-state index is 11.8. The highest BCUT2D eigenvalue weighted by Gasteiger charge is 2.10. The van der Waals surface area contributed by atoms with E-state index in [-0.39, 0.29) is 18.6 Å². The van der Waals surface area contributed by atoms with Gasteiger partial charge in [0.25, 0.3) is 0 Å². The summed E-state index contributed by atoms with van der Waals surface area (Å²) < 4.78 is 27.7. The van der Waals surface area contributed by atoms with E-state index in [1.54, 1.807) is 0 Å². The Labute approximate surface area is 90.1 Å². The molecule has 0 fully saturated rings. The minimum absolute atomic E-state index is 0.0888. The lowest BCUT2D eigenvalue weighted by Crippen LogP contribution is -2.02. The van der Waals surface area contributed by atoms with Gasteiger partial charge in [0.1, 0.15) is 0 Å². The summed E-state index contributed by atoms with van der Waals surface area (Å²) in [5.74, 6) is -1.72. The minimum Gasteiger partial charge on any atom is -0.504 e. The molecule has 0 atom stereocenters. The molecule has 0 heterocycles. The number of hydrogen-bond acceptors (Lipinski definition) is 3. The standard InChI is InChI=1S/C10H10F2O4/c11-10(12)16-8-3-1-6(5-7(8)13)2-4-9(14)15/h1,3,5,10,13H,2,4H2,(H,14,15). The highest BCUT2D eigenvalue weighted by molar-refractivity contribution is 5.67. The van der Waals surface area contributed by atoms with Gasteiger partial charge in [-0.1, -0.05) is 6.07 Å². The van der Waals surface area contributed by atoms with E-state index in [1.165, 1.54) is 18.2 Å². The zero-order chi connectivity index (χ0) is 12.1. The molecule has 0 aliphatic heterocycles. The van der Waals surface area contributed by atoms with Crippen LogP contribution in [-0.4, -0.2) is 22.8 Å². The number of alkyl halides is 2. The minimum atomic E-state index is -3.00. The van der Waals surface area contributed by atoms with Crippen LogP contribution in [0, 0.1) is 0 Å². The third-order valence-electron chi connectivity index (χ3n) is 1.87. The molecule has 0 aliphatic carbocycles. The van der Waals surface area contributed by atoms with Gasteiger partial charge in [-0.3, -0.25) is 4.79 Å². The van der Waals surface area contributed by atoms with Crippen molar-refractivity contribution in [2.45, 2.75) is 19.5 Å². The van der Waals surface area contributed by atoms with E-state index in [4.69, 9.17) is 5.11 Å². The molecule has 1 aromatic carbocycles. The average Bonchev–Trinajstić information content (AvgIpc) is 2.18. The van der Waals surface area contributed by atoms with Crippen molar-refractivity contribution in [1.82, 2.24) is 0 Å². The maximum absolute atomic E-state index is 11.8. The van der Waals surface area contributed by atoms with Gasteiger partial charge in [-0.25, -0.2) is 0 Å². The summed E-state index contributed by atoms with van der Waals surface area (Å²) in [6.45, 7) is -3.00. The van der Waals surface area contributed by atoms with Gasteiger partial charge in [-0.15, -0.1) is 0 Å². The molecule has 0 saturated heterocycles. The van der Waals surface area contributed by atoms with E-state index in [1.807, 2.05) is 0 Å². The number of carboxylic acid groups (broad SMARTS) is 1. The molecule has 0 aromatic heterocycles. The lowest BCUT2D eigenvalue weighted by Gasteiger charge is -2.07. The molecule has 1 aromatic rings. The molecule has 0 aliphatic rings. The number of halogens is 2. The molecular weight excluding hydrogens is 222 g/mol. The first-order valence-electron chi connectivity index (χ1n) is 4.47. The number of benzene rings is 1. The Kier molecular flexibility index (Phi) is 4.04. The van der Waals surface area contributed by atoms with Crippen molar-refractivity contribution in [2.75, 3.05) is 0 Å². The zero-order valence-corrected chi connectivity index (χ0v) is 8.19. The van der Waals surface area contributed by atoms with Gasteiger partial charge < -0.3 is 14.9 Å². The Morgan fingerprint density at radius 3 is 2.62 bits per heavy atom. The highest BCUT2D eigenvalue weighted by Crippen LogP contribution is 2.28. The zero-order valence-electron chi connectivity index (χ0n) is 8.19. The van der Waals surface area contributed by atoms with E-state index < -0.39 is 18.3 Å². The van der Waals surface area contributed by atoms with Crippen LogP contribution in [0.25, 0.3) is 0 Å². The first-order valence-corrected chi connectivity index (χ1v) is 4.47. The number of aromatic hydroxyl groups is 1. The molecule has 2 N–H and O–H groups in total. The summed E-state index contributed by atoms with van der Waals surface area (Å²) in [5.41, 5.74) is 0.543. The Bertz CT molecular complexity index is 379. The van der Waals surface area contributed by atoms with Gasteiger partial charge in [-0.05, 0) is 24.1 Å². The van der Waals surface area contributed by atoms with Gasteiger partial charge in [0.05, 0.1) is 0 Å². The fourth-order valence-electron chi connectivity index (χ4n) is 1.17. The lowest BCUT2D eigenvalue weighted by atomic mass is 10.1. The third-order valence-corrected chi connectivity index (χ3v) is 1.87. The second-order valence-corrected chi connectivity index (χ2v) is 3.07. The van der Waals surface area contributed by atoms with Gasteiger partial charge in [-0.2, -0.15) is 8.78 Å². The maximum Gasteiger partial charge on any atom is 0.387 e. The van der Waals surface area contributed by atoms with Crippen LogP contribution >= 0.6 is 0 Å². The summed E-state index contributed by atoms with van der Waals surface area (Å²) in [6, 6.07) is 3.82. The van der Waals surface area contributed by atoms with Crippen LogP contribution in [0.4, 0.5) is 8.78 Å². The quantitative estimate of drug-likeness (QED) is 0.814. The molecule has 1 rings (SSSR count). The summed E-state index contributed by atoms with van der Waals surface area (Å²) in [7, 11) is 0. The van der Waals surface area contributed by atoms with Gasteiger partial charge in [0.2, 0.25) is 0 Å². The number of phenolic OH excluding ortho intramolecular Hbond substituents is 1. The Balaban J connectivity index is 2.70. The second kappa shape index (κ2) is 5.29. The summed E-state index contributed by atoms with van der Waals surface area (Å²) in [4.78, 5) is 10.3. The molecule has 0 saturated carbocycles. The van der Waals surface area contributed by atoms with E-state index >= 15 is 0 Å². The van der Waals surface area contributed by atoms with E-state index in [9.17, 15) is 18.7 Å². The normalized spacial score (nSPS) is 10.4. The molecule has 6 heteroatoms. The first kappa shape index (κ1) is 12.2. The van der Waals surface area contributed by atoms with Crippen molar-refractivity contribution in [3.63, 3.8) is 0 Å². The molecular formula is C10H10F2O4. The van der Waals surface area contributed by atoms with Crippen LogP contribution in [-0.2, 0) is 11.2 Å². The molecule has 4 nitrogen and oxygen atoms in total. The molecule has 0 bridgehead atoms. The molecule has 88 valence electrons. The predicted molar refractivity (Wildman–Crippen MR) is 50.7 cm³/mol. The van der Waals surface area contributed by atoms with Gasteiger partial charge in [0.15, 0.2) is 11.5 Å². The van der Waals surface area contributed by atoms with E-state index in [2.05, 4.69) is 4.74 Å². The van der Waals surface area contributed by atoms with Crippen LogP contribution in [0.5, 0.6) is 11.5 Å². The Morgan fingerprint density at radius 2 is 2.12 bits per heavy atom. The highest BCUT2D eigenvalue weighted by atomic mass is 19.3. The summed E-state index contributed by atoms with van der Waals surface area (Å²) in [5, 5.41) is 17.7. The average molecular weight is 232 g/mol. The number of ether oxygens (including phenoxy) is 1. The lowest BCUT2D eigenvalue weighted by molar-refractivity contribution is -0.136. The molecule has 0 unspecified atom stereocenters. The second-order valence-electron chi connectivity index (χ2n) is 3.07. The number of carboxylic acids is 1.